The zero-order valence-electron chi connectivity index (χ0n) is 14.3. The second-order valence-corrected chi connectivity index (χ2v) is 9.24. The molecule has 3 rings (SSSR count). The van der Waals surface area contributed by atoms with Crippen LogP contribution in [0.4, 0.5) is 11.4 Å². The van der Waals surface area contributed by atoms with Crippen LogP contribution in [0.2, 0.25) is 0 Å². The van der Waals surface area contributed by atoms with Gasteiger partial charge in [0.2, 0.25) is 5.91 Å². The number of hydrogen-bond donors (Lipinski definition) is 2. The number of hydrogen-bond acceptors (Lipinski definition) is 5. The molecule has 1 aliphatic heterocycles. The molecular weight excluding hydrogens is 372 g/mol. The Morgan fingerprint density at radius 2 is 1.88 bits per heavy atom. The summed E-state index contributed by atoms with van der Waals surface area (Å²) >= 11 is 1.53. The summed E-state index contributed by atoms with van der Waals surface area (Å²) in [6.07, 6.45) is 0.377. The quantitative estimate of drug-likeness (QED) is 0.780. The van der Waals surface area contributed by atoms with E-state index in [1.54, 1.807) is 18.2 Å². The summed E-state index contributed by atoms with van der Waals surface area (Å²) in [4.78, 5) is 24.1. The Labute approximate surface area is 156 Å². The second-order valence-electron chi connectivity index (χ2n) is 6.08. The van der Waals surface area contributed by atoms with Gasteiger partial charge in [-0.2, -0.15) is 0 Å². The molecule has 0 bridgehead atoms. The van der Waals surface area contributed by atoms with Gasteiger partial charge in [0.15, 0.2) is 5.78 Å². The summed E-state index contributed by atoms with van der Waals surface area (Å²) in [5.41, 5.74) is 1.36. The van der Waals surface area contributed by atoms with Crippen LogP contribution in [-0.2, 0) is 14.8 Å². The molecule has 0 aromatic heterocycles. The molecule has 2 N–H and O–H groups in total. The van der Waals surface area contributed by atoms with Crippen molar-refractivity contribution in [3.63, 3.8) is 0 Å². The van der Waals surface area contributed by atoms with Gasteiger partial charge in [-0.1, -0.05) is 6.92 Å². The number of benzene rings is 2. The Hall–Kier alpha value is -2.32. The van der Waals surface area contributed by atoms with E-state index >= 15 is 0 Å². The number of rotatable bonds is 4. The Kier molecular flexibility index (Phi) is 5.06. The summed E-state index contributed by atoms with van der Waals surface area (Å²) in [7, 11) is -3.82. The minimum atomic E-state index is -3.82. The zero-order chi connectivity index (χ0) is 18.9. The van der Waals surface area contributed by atoms with Gasteiger partial charge in [0, 0.05) is 27.8 Å². The molecule has 26 heavy (non-hydrogen) atoms. The summed E-state index contributed by atoms with van der Waals surface area (Å²) in [5, 5.41) is 2.88. The molecule has 1 amide bonds. The van der Waals surface area contributed by atoms with Gasteiger partial charge in [-0.05, 0) is 49.4 Å². The molecule has 0 fully saturated rings. The molecule has 0 spiro atoms. The van der Waals surface area contributed by atoms with Crippen molar-refractivity contribution in [3.8, 4) is 0 Å². The SMILES string of the molecule is CC(=O)c1ccc(NS(=O)(=O)c2ccc3c(c2)NC(=O)C[C@@H](C)S3)cc1. The molecule has 8 heteroatoms. The van der Waals surface area contributed by atoms with Gasteiger partial charge in [0.25, 0.3) is 10.0 Å². The van der Waals surface area contributed by atoms with Crippen LogP contribution in [0.25, 0.3) is 0 Å². The van der Waals surface area contributed by atoms with E-state index in [0.29, 0.717) is 23.4 Å². The largest absolute Gasteiger partial charge is 0.325 e. The molecular formula is C18H18N2O4S2. The lowest BCUT2D eigenvalue weighted by molar-refractivity contribution is -0.116. The van der Waals surface area contributed by atoms with Crippen LogP contribution in [0.15, 0.2) is 52.3 Å². The minimum Gasteiger partial charge on any atom is -0.325 e. The maximum Gasteiger partial charge on any atom is 0.261 e. The Morgan fingerprint density at radius 1 is 1.19 bits per heavy atom. The molecule has 0 saturated carbocycles. The van der Waals surface area contributed by atoms with Crippen molar-refractivity contribution in [2.24, 2.45) is 0 Å². The first-order valence-corrected chi connectivity index (χ1v) is 10.4. The normalized spacial score (nSPS) is 17.0. The van der Waals surface area contributed by atoms with Crippen LogP contribution in [0, 0.1) is 0 Å². The molecule has 136 valence electrons. The predicted molar refractivity (Wildman–Crippen MR) is 102 cm³/mol. The molecule has 0 aliphatic carbocycles. The van der Waals surface area contributed by atoms with E-state index in [0.717, 1.165) is 4.90 Å². The van der Waals surface area contributed by atoms with Crippen LogP contribution in [0.3, 0.4) is 0 Å². The van der Waals surface area contributed by atoms with E-state index in [2.05, 4.69) is 10.0 Å². The van der Waals surface area contributed by atoms with Crippen molar-refractivity contribution >= 4 is 44.9 Å². The van der Waals surface area contributed by atoms with E-state index in [1.165, 1.54) is 43.0 Å². The second kappa shape index (κ2) is 7.13. The smallest absolute Gasteiger partial charge is 0.261 e. The van der Waals surface area contributed by atoms with E-state index in [-0.39, 0.29) is 21.8 Å². The molecule has 2 aromatic rings. The maximum atomic E-state index is 12.6. The van der Waals surface area contributed by atoms with E-state index < -0.39 is 10.0 Å². The highest BCUT2D eigenvalue weighted by Gasteiger charge is 2.22. The van der Waals surface area contributed by atoms with Crippen LogP contribution in [0.1, 0.15) is 30.6 Å². The van der Waals surface area contributed by atoms with Crippen LogP contribution in [0.5, 0.6) is 0 Å². The van der Waals surface area contributed by atoms with Crippen molar-refractivity contribution in [3.05, 3.63) is 48.0 Å². The zero-order valence-corrected chi connectivity index (χ0v) is 15.9. The molecule has 0 saturated heterocycles. The highest BCUT2D eigenvalue weighted by atomic mass is 32.2. The molecule has 1 heterocycles. The van der Waals surface area contributed by atoms with Crippen molar-refractivity contribution in [1.82, 2.24) is 0 Å². The third kappa shape index (κ3) is 4.08. The molecule has 0 unspecified atom stereocenters. The maximum absolute atomic E-state index is 12.6. The lowest BCUT2D eigenvalue weighted by Gasteiger charge is -2.12. The Bertz CT molecular complexity index is 969. The molecule has 1 atom stereocenters. The first kappa shape index (κ1) is 18.5. The lowest BCUT2D eigenvalue weighted by Crippen LogP contribution is -2.15. The Balaban J connectivity index is 1.88. The van der Waals surface area contributed by atoms with Gasteiger partial charge in [0.1, 0.15) is 0 Å². The summed E-state index contributed by atoms with van der Waals surface area (Å²) < 4.78 is 27.8. The van der Waals surface area contributed by atoms with Gasteiger partial charge in [-0.25, -0.2) is 8.42 Å². The van der Waals surface area contributed by atoms with Crippen molar-refractivity contribution < 1.29 is 18.0 Å². The van der Waals surface area contributed by atoms with E-state index in [9.17, 15) is 18.0 Å². The monoisotopic (exact) mass is 390 g/mol. The van der Waals surface area contributed by atoms with Crippen molar-refractivity contribution in [2.45, 2.75) is 35.3 Å². The number of thioether (sulfide) groups is 1. The Morgan fingerprint density at radius 3 is 2.54 bits per heavy atom. The number of carbonyl (C=O) groups excluding carboxylic acids is 2. The average molecular weight is 390 g/mol. The number of fused-ring (bicyclic) bond motifs is 1. The van der Waals surface area contributed by atoms with Gasteiger partial charge in [0.05, 0.1) is 10.6 Å². The summed E-state index contributed by atoms with van der Waals surface area (Å²) in [6.45, 7) is 3.40. The fraction of sp³-hybridized carbons (Fsp3) is 0.222. The van der Waals surface area contributed by atoms with Crippen molar-refractivity contribution in [2.75, 3.05) is 10.0 Å². The standard InChI is InChI=1S/C18H18N2O4S2/c1-11-9-18(22)19-16-10-15(7-8-17(16)25-11)26(23,24)20-14-5-3-13(4-6-14)12(2)21/h3-8,10-11,20H,9H2,1-2H3,(H,19,22)/t11-/m1/s1. The number of carbonyl (C=O) groups is 2. The third-order valence-corrected chi connectivity index (χ3v) is 6.44. The number of nitrogens with one attached hydrogen (secondary N) is 2. The number of amides is 1. The van der Waals surface area contributed by atoms with Crippen LogP contribution in [-0.4, -0.2) is 25.4 Å². The minimum absolute atomic E-state index is 0.0577. The highest BCUT2D eigenvalue weighted by Crippen LogP contribution is 2.36. The topological polar surface area (TPSA) is 92.3 Å². The summed E-state index contributed by atoms with van der Waals surface area (Å²) in [5.74, 6) is -0.223. The molecule has 2 aromatic carbocycles. The lowest BCUT2D eigenvalue weighted by atomic mass is 10.1. The van der Waals surface area contributed by atoms with E-state index in [1.807, 2.05) is 6.92 Å². The molecule has 6 nitrogen and oxygen atoms in total. The number of Topliss-reactive ketones (excluding diaryl/α,β-unsaturated/α-hetero) is 1. The first-order chi connectivity index (χ1) is 12.2. The average Bonchev–Trinajstić information content (AvgIpc) is 2.70. The third-order valence-electron chi connectivity index (χ3n) is 3.88. The summed E-state index contributed by atoms with van der Waals surface area (Å²) in [6, 6.07) is 10.9. The van der Waals surface area contributed by atoms with Crippen LogP contribution >= 0.6 is 11.8 Å². The number of ketones is 1. The van der Waals surface area contributed by atoms with Gasteiger partial charge in [-0.15, -0.1) is 11.8 Å². The van der Waals surface area contributed by atoms with Gasteiger partial charge in [-0.3, -0.25) is 14.3 Å². The van der Waals surface area contributed by atoms with Crippen molar-refractivity contribution in [1.29, 1.82) is 0 Å². The van der Waals surface area contributed by atoms with E-state index in [4.69, 9.17) is 0 Å². The molecule has 0 radical (unpaired) electrons. The number of anilines is 2. The van der Waals surface area contributed by atoms with Gasteiger partial charge < -0.3 is 5.32 Å². The fourth-order valence-corrected chi connectivity index (χ4v) is 4.72. The highest BCUT2D eigenvalue weighted by molar-refractivity contribution is 8.00. The fourth-order valence-electron chi connectivity index (χ4n) is 2.58. The van der Waals surface area contributed by atoms with Crippen LogP contribution < -0.4 is 10.0 Å². The predicted octanol–water partition coefficient (Wildman–Crippen LogP) is 3.51. The number of sulfonamides is 1. The first-order valence-electron chi connectivity index (χ1n) is 7.99. The molecule has 1 aliphatic rings. The van der Waals surface area contributed by atoms with Gasteiger partial charge >= 0.3 is 0 Å².